The van der Waals surface area contributed by atoms with Crippen LogP contribution >= 0.6 is 0 Å². The summed E-state index contributed by atoms with van der Waals surface area (Å²) < 4.78 is 4.36. The van der Waals surface area contributed by atoms with E-state index in [1.807, 2.05) is 4.68 Å². The molecule has 8 fully saturated rings. The molecule has 2 saturated heterocycles. The standard InChI is InChI=1S/C27H35N7O2/c1-17-6-21(18-2-3-18)34(29-17)26-11-25(12-26,13-26)19-9-31(10-19)23(35)32-14-24(15-32)7-20(8-24)33-16-28-22(30-33)27(36)4-5-27/h6,16,18-20,36H,2-5,7-15H2,1H3. The highest BCUT2D eigenvalue weighted by Gasteiger charge is 2.74. The number of aryl methyl sites for hydroxylation is 1. The van der Waals surface area contributed by atoms with E-state index in [1.54, 1.807) is 6.33 Å². The van der Waals surface area contributed by atoms with Crippen LogP contribution < -0.4 is 0 Å². The number of urea groups is 1. The van der Waals surface area contributed by atoms with Gasteiger partial charge in [0.15, 0.2) is 5.82 Å². The summed E-state index contributed by atoms with van der Waals surface area (Å²) in [5.41, 5.74) is 2.93. The molecule has 9 heteroatoms. The Morgan fingerprint density at radius 2 is 1.78 bits per heavy atom. The Kier molecular flexibility index (Phi) is 3.53. The van der Waals surface area contributed by atoms with Crippen molar-refractivity contribution in [1.82, 2.24) is 34.3 Å². The van der Waals surface area contributed by atoms with E-state index in [0.29, 0.717) is 28.7 Å². The Labute approximate surface area is 210 Å². The zero-order valence-corrected chi connectivity index (χ0v) is 21.1. The minimum atomic E-state index is -0.765. The highest BCUT2D eigenvalue weighted by molar-refractivity contribution is 5.76. The third kappa shape index (κ3) is 2.60. The van der Waals surface area contributed by atoms with E-state index in [4.69, 9.17) is 5.10 Å². The van der Waals surface area contributed by atoms with Gasteiger partial charge >= 0.3 is 6.03 Å². The molecule has 9 nitrogen and oxygen atoms in total. The maximum atomic E-state index is 13.1. The molecule has 8 aliphatic rings. The van der Waals surface area contributed by atoms with Crippen LogP contribution in [0.25, 0.3) is 0 Å². The number of hydrogen-bond acceptors (Lipinski definition) is 5. The van der Waals surface area contributed by atoms with E-state index in [-0.39, 0.29) is 11.4 Å². The Balaban J connectivity index is 0.767. The van der Waals surface area contributed by atoms with Gasteiger partial charge in [-0.15, -0.1) is 0 Å². The minimum absolute atomic E-state index is 0.249. The van der Waals surface area contributed by atoms with E-state index in [2.05, 4.69) is 37.6 Å². The average Bonchev–Trinajstić information content (AvgIpc) is 3.59. The van der Waals surface area contributed by atoms with Gasteiger partial charge in [-0.25, -0.2) is 14.5 Å². The van der Waals surface area contributed by atoms with E-state index in [0.717, 1.165) is 57.8 Å². The molecule has 0 radical (unpaired) electrons. The lowest BCUT2D eigenvalue weighted by atomic mass is 9.35. The molecule has 0 atom stereocenters. The summed E-state index contributed by atoms with van der Waals surface area (Å²) in [6.07, 6.45) is 11.9. The maximum absolute atomic E-state index is 13.1. The smallest absolute Gasteiger partial charge is 0.320 e. The predicted octanol–water partition coefficient (Wildman–Crippen LogP) is 2.91. The number of aliphatic hydroxyl groups is 1. The quantitative estimate of drug-likeness (QED) is 0.697. The Morgan fingerprint density at radius 3 is 2.44 bits per heavy atom. The number of carbonyl (C=O) groups excluding carboxylic acids is 1. The molecule has 6 aliphatic carbocycles. The van der Waals surface area contributed by atoms with Crippen LogP contribution in [0.15, 0.2) is 12.4 Å². The molecule has 0 aromatic carbocycles. The van der Waals surface area contributed by atoms with Crippen LogP contribution in [0.5, 0.6) is 0 Å². The summed E-state index contributed by atoms with van der Waals surface area (Å²) in [6, 6.07) is 2.93. The summed E-state index contributed by atoms with van der Waals surface area (Å²) in [5.74, 6) is 2.01. The molecule has 2 aliphatic heterocycles. The van der Waals surface area contributed by atoms with Crippen LogP contribution in [0, 0.1) is 23.7 Å². The fourth-order valence-electron chi connectivity index (χ4n) is 8.55. The average molecular weight is 490 g/mol. The lowest BCUT2D eigenvalue weighted by Gasteiger charge is -2.75. The molecule has 1 spiro atoms. The summed E-state index contributed by atoms with van der Waals surface area (Å²) in [7, 11) is 0. The second-order valence-corrected chi connectivity index (χ2v) is 13.9. The molecule has 2 bridgehead atoms. The van der Waals surface area contributed by atoms with Gasteiger partial charge in [-0.05, 0) is 76.2 Å². The lowest BCUT2D eigenvalue weighted by Crippen LogP contribution is -2.76. The third-order valence-corrected chi connectivity index (χ3v) is 11.0. The SMILES string of the molecule is Cc1cc(C2CC2)n(C23CC(C4CN(C(=O)N5CC6(CC(n7cnc(C8(O)CC8)n7)C6)C5)C4)(C2)C3)n1. The molecule has 190 valence electrons. The number of carbonyl (C=O) groups is 1. The van der Waals surface area contributed by atoms with E-state index in [9.17, 15) is 9.90 Å². The van der Waals surface area contributed by atoms with Crippen molar-refractivity contribution in [2.45, 2.75) is 87.8 Å². The summed E-state index contributed by atoms with van der Waals surface area (Å²) in [5, 5.41) is 19.7. The highest BCUT2D eigenvalue weighted by atomic mass is 16.3. The number of likely N-dealkylation sites (tertiary alicyclic amines) is 2. The molecule has 1 N–H and O–H groups in total. The second kappa shape index (κ2) is 6.17. The zero-order chi connectivity index (χ0) is 24.1. The number of nitrogens with zero attached hydrogens (tertiary/aromatic N) is 7. The predicted molar refractivity (Wildman–Crippen MR) is 129 cm³/mol. The first-order chi connectivity index (χ1) is 17.3. The number of aromatic nitrogens is 5. The molecular weight excluding hydrogens is 454 g/mol. The van der Waals surface area contributed by atoms with Crippen molar-refractivity contribution in [1.29, 1.82) is 0 Å². The molecule has 0 unspecified atom stereocenters. The van der Waals surface area contributed by atoms with Crippen molar-refractivity contribution in [2.24, 2.45) is 16.7 Å². The van der Waals surface area contributed by atoms with Gasteiger partial charge in [0.1, 0.15) is 11.9 Å². The van der Waals surface area contributed by atoms with Crippen molar-refractivity contribution in [2.75, 3.05) is 26.2 Å². The van der Waals surface area contributed by atoms with Crippen LogP contribution in [-0.4, -0.2) is 71.7 Å². The Hall–Kier alpha value is -2.42. The van der Waals surface area contributed by atoms with Crippen LogP contribution in [0.3, 0.4) is 0 Å². The molecule has 10 rings (SSSR count). The Morgan fingerprint density at radius 1 is 1.06 bits per heavy atom. The molecule has 2 aromatic heterocycles. The first-order valence-corrected chi connectivity index (χ1v) is 14.0. The highest BCUT2D eigenvalue weighted by Crippen LogP contribution is 2.75. The van der Waals surface area contributed by atoms with E-state index < -0.39 is 5.60 Å². The summed E-state index contributed by atoms with van der Waals surface area (Å²) in [4.78, 5) is 21.6. The molecule has 36 heavy (non-hydrogen) atoms. The molecule has 2 amide bonds. The summed E-state index contributed by atoms with van der Waals surface area (Å²) in [6.45, 7) is 5.78. The summed E-state index contributed by atoms with van der Waals surface area (Å²) >= 11 is 0. The monoisotopic (exact) mass is 489 g/mol. The van der Waals surface area contributed by atoms with Crippen molar-refractivity contribution in [3.63, 3.8) is 0 Å². The van der Waals surface area contributed by atoms with Crippen LogP contribution in [0.2, 0.25) is 0 Å². The normalized spacial score (nSPS) is 35.5. The molecule has 4 heterocycles. The van der Waals surface area contributed by atoms with Gasteiger partial charge in [-0.2, -0.15) is 10.2 Å². The van der Waals surface area contributed by atoms with Crippen LogP contribution in [-0.2, 0) is 11.1 Å². The van der Waals surface area contributed by atoms with Gasteiger partial charge in [0.25, 0.3) is 0 Å². The van der Waals surface area contributed by atoms with Crippen molar-refractivity contribution < 1.29 is 9.90 Å². The number of hydrogen-bond donors (Lipinski definition) is 1. The van der Waals surface area contributed by atoms with Gasteiger partial charge in [-0.3, -0.25) is 4.68 Å². The fourth-order valence-corrected chi connectivity index (χ4v) is 8.55. The van der Waals surface area contributed by atoms with Gasteiger partial charge < -0.3 is 14.9 Å². The van der Waals surface area contributed by atoms with E-state index in [1.165, 1.54) is 43.5 Å². The first-order valence-electron chi connectivity index (χ1n) is 14.0. The zero-order valence-electron chi connectivity index (χ0n) is 21.1. The van der Waals surface area contributed by atoms with Crippen LogP contribution in [0.1, 0.15) is 87.0 Å². The lowest BCUT2D eigenvalue weighted by molar-refractivity contribution is -0.246. The van der Waals surface area contributed by atoms with Crippen molar-refractivity contribution in [3.8, 4) is 0 Å². The molecule has 6 saturated carbocycles. The van der Waals surface area contributed by atoms with Gasteiger partial charge in [0.05, 0.1) is 17.3 Å². The van der Waals surface area contributed by atoms with Gasteiger partial charge in [0, 0.05) is 49.1 Å². The van der Waals surface area contributed by atoms with Crippen molar-refractivity contribution >= 4 is 6.03 Å². The van der Waals surface area contributed by atoms with Crippen molar-refractivity contribution in [3.05, 3.63) is 29.6 Å². The van der Waals surface area contributed by atoms with Crippen LogP contribution in [0.4, 0.5) is 4.79 Å². The van der Waals surface area contributed by atoms with Gasteiger partial charge in [-0.1, -0.05) is 0 Å². The fraction of sp³-hybridized carbons (Fsp3) is 0.778. The number of rotatable bonds is 5. The Bertz CT molecular complexity index is 1260. The maximum Gasteiger partial charge on any atom is 0.320 e. The minimum Gasteiger partial charge on any atom is -0.382 e. The molecular formula is C27H35N7O2. The largest absolute Gasteiger partial charge is 0.382 e. The number of amides is 2. The van der Waals surface area contributed by atoms with Gasteiger partial charge in [0.2, 0.25) is 0 Å². The first kappa shape index (κ1) is 20.6. The molecule has 2 aromatic rings. The van der Waals surface area contributed by atoms with E-state index >= 15 is 0 Å². The third-order valence-electron chi connectivity index (χ3n) is 11.0. The topological polar surface area (TPSA) is 92.3 Å². The second-order valence-electron chi connectivity index (χ2n) is 13.9.